The minimum atomic E-state index is -1.11. The Morgan fingerprint density at radius 1 is 1.42 bits per heavy atom. The molecule has 0 saturated carbocycles. The lowest BCUT2D eigenvalue weighted by Crippen LogP contribution is -2.24. The van der Waals surface area contributed by atoms with Crippen molar-refractivity contribution in [1.82, 2.24) is 0 Å². The predicted molar refractivity (Wildman–Crippen MR) is 39.9 cm³/mol. The lowest BCUT2D eigenvalue weighted by atomic mass is 10.1. The molecule has 60 valence electrons. The summed E-state index contributed by atoms with van der Waals surface area (Å²) in [5.41, 5.74) is 1.17. The Kier molecular flexibility index (Phi) is 2.44. The zero-order chi connectivity index (χ0) is 8.97. The van der Waals surface area contributed by atoms with E-state index < -0.39 is 5.97 Å². The molecule has 0 unspecified atom stereocenters. The number of carboxylic acids is 1. The van der Waals surface area contributed by atoms with Crippen LogP contribution in [0.2, 0.25) is 0 Å². The summed E-state index contributed by atoms with van der Waals surface area (Å²) < 4.78 is 0. The van der Waals surface area contributed by atoms with Crippen molar-refractivity contribution in [2.75, 3.05) is 0 Å². The Bertz CT molecular complexity index is 321. The molecule has 12 heavy (non-hydrogen) atoms. The largest absolute Gasteiger partial charge is 0.550 e. The monoisotopic (exact) mass is 160 g/mol. The average Bonchev–Trinajstić information content (AvgIpc) is 2.05. The molecule has 0 atom stereocenters. The number of carbonyl (C=O) groups is 1. The summed E-state index contributed by atoms with van der Waals surface area (Å²) in [6.45, 7) is 0. The van der Waals surface area contributed by atoms with E-state index in [1.54, 1.807) is 24.3 Å². The van der Waals surface area contributed by atoms with Gasteiger partial charge in [0.1, 0.15) is 0 Å². The molecule has 0 amide bonds. The van der Waals surface area contributed by atoms with Crippen LogP contribution in [0.15, 0.2) is 24.3 Å². The number of nitriles is 1. The number of carboxylic acid groups (broad SMARTS) is 1. The molecule has 0 N–H and O–H groups in total. The standard InChI is InChI=1S/C9H7NO2/c10-6-8-3-1-7(2-4-8)5-9(11)12/h1-4H,5H2,(H,11,12)/p-1. The number of hydrogen-bond donors (Lipinski definition) is 0. The molecule has 0 aliphatic carbocycles. The molecule has 3 nitrogen and oxygen atoms in total. The Balaban J connectivity index is 2.80. The van der Waals surface area contributed by atoms with Gasteiger partial charge in [0.25, 0.3) is 0 Å². The maximum atomic E-state index is 10.1. The summed E-state index contributed by atoms with van der Waals surface area (Å²) in [5, 5.41) is 18.6. The highest BCUT2D eigenvalue weighted by Crippen LogP contribution is 2.03. The van der Waals surface area contributed by atoms with Crippen molar-refractivity contribution >= 4 is 5.97 Å². The van der Waals surface area contributed by atoms with Gasteiger partial charge in [-0.05, 0) is 17.7 Å². The van der Waals surface area contributed by atoms with Crippen LogP contribution in [-0.2, 0) is 11.2 Å². The summed E-state index contributed by atoms with van der Waals surface area (Å²) in [4.78, 5) is 10.1. The smallest absolute Gasteiger partial charge is 0.0991 e. The number of benzene rings is 1. The first kappa shape index (κ1) is 8.28. The van der Waals surface area contributed by atoms with Gasteiger partial charge in [-0.15, -0.1) is 0 Å². The second-order valence-electron chi connectivity index (χ2n) is 2.36. The Hall–Kier alpha value is -1.82. The second-order valence-corrected chi connectivity index (χ2v) is 2.36. The third-order valence-electron chi connectivity index (χ3n) is 1.43. The van der Waals surface area contributed by atoms with Crippen molar-refractivity contribution in [2.24, 2.45) is 0 Å². The van der Waals surface area contributed by atoms with Gasteiger partial charge in [0.2, 0.25) is 0 Å². The highest BCUT2D eigenvalue weighted by Gasteiger charge is 1.93. The van der Waals surface area contributed by atoms with Gasteiger partial charge in [0, 0.05) is 12.4 Å². The van der Waals surface area contributed by atoms with E-state index in [-0.39, 0.29) is 6.42 Å². The minimum absolute atomic E-state index is 0.105. The predicted octanol–water partition coefficient (Wildman–Crippen LogP) is -0.149. The van der Waals surface area contributed by atoms with Crippen LogP contribution in [0.3, 0.4) is 0 Å². The maximum Gasteiger partial charge on any atom is 0.0991 e. The van der Waals surface area contributed by atoms with Crippen molar-refractivity contribution in [1.29, 1.82) is 5.26 Å². The molecule has 0 fully saturated rings. The third kappa shape index (κ3) is 2.10. The van der Waals surface area contributed by atoms with Gasteiger partial charge in [-0.1, -0.05) is 12.1 Å². The molecule has 0 radical (unpaired) electrons. The molecule has 0 aliphatic rings. The van der Waals surface area contributed by atoms with Crippen LogP contribution in [0, 0.1) is 11.3 Å². The second kappa shape index (κ2) is 3.54. The van der Waals surface area contributed by atoms with E-state index in [0.29, 0.717) is 11.1 Å². The van der Waals surface area contributed by atoms with E-state index >= 15 is 0 Å². The number of rotatable bonds is 2. The summed E-state index contributed by atoms with van der Waals surface area (Å²) in [6.07, 6.45) is -0.105. The van der Waals surface area contributed by atoms with E-state index in [1.807, 2.05) is 6.07 Å². The summed E-state index contributed by atoms with van der Waals surface area (Å²) in [6, 6.07) is 8.32. The van der Waals surface area contributed by atoms with Crippen molar-refractivity contribution in [3.05, 3.63) is 35.4 Å². The molecule has 1 aromatic carbocycles. The highest BCUT2D eigenvalue weighted by atomic mass is 16.4. The van der Waals surface area contributed by atoms with Crippen molar-refractivity contribution in [2.45, 2.75) is 6.42 Å². The molecular formula is C9H6NO2-. The summed E-state index contributed by atoms with van der Waals surface area (Å²) in [5.74, 6) is -1.11. The van der Waals surface area contributed by atoms with E-state index in [4.69, 9.17) is 5.26 Å². The average molecular weight is 160 g/mol. The molecule has 0 heterocycles. The summed E-state index contributed by atoms with van der Waals surface area (Å²) >= 11 is 0. The lowest BCUT2D eigenvalue weighted by molar-refractivity contribution is -0.304. The van der Waals surface area contributed by atoms with Crippen LogP contribution >= 0.6 is 0 Å². The normalized spacial score (nSPS) is 8.92. The van der Waals surface area contributed by atoms with Gasteiger partial charge in [-0.2, -0.15) is 5.26 Å². The molecule has 1 aromatic rings. The molecule has 0 saturated heterocycles. The summed E-state index contributed by atoms with van der Waals surface area (Å²) in [7, 11) is 0. The maximum absolute atomic E-state index is 10.1. The number of nitrogens with zero attached hydrogens (tertiary/aromatic N) is 1. The first-order chi connectivity index (χ1) is 5.72. The zero-order valence-electron chi connectivity index (χ0n) is 6.28. The molecule has 0 bridgehead atoms. The van der Waals surface area contributed by atoms with E-state index in [0.717, 1.165) is 0 Å². The zero-order valence-corrected chi connectivity index (χ0v) is 6.28. The number of carbonyl (C=O) groups excluding carboxylic acids is 1. The van der Waals surface area contributed by atoms with Gasteiger partial charge in [0.05, 0.1) is 11.6 Å². The fourth-order valence-electron chi connectivity index (χ4n) is 0.864. The van der Waals surface area contributed by atoms with Crippen molar-refractivity contribution < 1.29 is 9.90 Å². The lowest BCUT2D eigenvalue weighted by Gasteiger charge is -2.00. The minimum Gasteiger partial charge on any atom is -0.550 e. The van der Waals surface area contributed by atoms with Crippen LogP contribution in [0.5, 0.6) is 0 Å². The molecule has 0 aromatic heterocycles. The van der Waals surface area contributed by atoms with Gasteiger partial charge >= 0.3 is 0 Å². The number of aliphatic carboxylic acids is 1. The Labute approximate surface area is 69.9 Å². The van der Waals surface area contributed by atoms with E-state index in [1.165, 1.54) is 0 Å². The van der Waals surface area contributed by atoms with Crippen LogP contribution in [0.25, 0.3) is 0 Å². The first-order valence-corrected chi connectivity index (χ1v) is 3.41. The fraction of sp³-hybridized carbons (Fsp3) is 0.111. The Morgan fingerprint density at radius 2 is 2.00 bits per heavy atom. The van der Waals surface area contributed by atoms with Crippen molar-refractivity contribution in [3.8, 4) is 6.07 Å². The fourth-order valence-corrected chi connectivity index (χ4v) is 0.864. The first-order valence-electron chi connectivity index (χ1n) is 3.41. The quantitative estimate of drug-likeness (QED) is 0.604. The topological polar surface area (TPSA) is 63.9 Å². The molecule has 1 rings (SSSR count). The van der Waals surface area contributed by atoms with E-state index in [2.05, 4.69) is 0 Å². The third-order valence-corrected chi connectivity index (χ3v) is 1.43. The number of hydrogen-bond acceptors (Lipinski definition) is 3. The van der Waals surface area contributed by atoms with E-state index in [9.17, 15) is 9.90 Å². The van der Waals surface area contributed by atoms with Gasteiger partial charge in [-0.25, -0.2) is 0 Å². The van der Waals surface area contributed by atoms with Gasteiger partial charge < -0.3 is 9.90 Å². The highest BCUT2D eigenvalue weighted by molar-refractivity contribution is 5.67. The van der Waals surface area contributed by atoms with Gasteiger partial charge in [0.15, 0.2) is 0 Å². The van der Waals surface area contributed by atoms with Crippen molar-refractivity contribution in [3.63, 3.8) is 0 Å². The van der Waals surface area contributed by atoms with Crippen LogP contribution in [0.4, 0.5) is 0 Å². The van der Waals surface area contributed by atoms with Gasteiger partial charge in [-0.3, -0.25) is 0 Å². The molecule has 3 heteroatoms. The molecule has 0 spiro atoms. The van der Waals surface area contributed by atoms with Crippen LogP contribution in [-0.4, -0.2) is 5.97 Å². The molecule has 0 aliphatic heterocycles. The van der Waals surface area contributed by atoms with Crippen LogP contribution in [0.1, 0.15) is 11.1 Å². The Morgan fingerprint density at radius 3 is 2.42 bits per heavy atom. The molecular weight excluding hydrogens is 154 g/mol. The SMILES string of the molecule is N#Cc1ccc(CC(=O)[O-])cc1. The van der Waals surface area contributed by atoms with Crippen LogP contribution < -0.4 is 5.11 Å².